The summed E-state index contributed by atoms with van der Waals surface area (Å²) in [6.45, 7) is 6.12. The third kappa shape index (κ3) is 4.98. The number of hydrogen-bond acceptors (Lipinski definition) is 4. The van der Waals surface area contributed by atoms with Crippen molar-refractivity contribution in [2.75, 3.05) is 19.6 Å². The van der Waals surface area contributed by atoms with Crippen molar-refractivity contribution in [1.29, 1.82) is 0 Å². The Bertz CT molecular complexity index is 1070. The molecule has 0 radical (unpaired) electrons. The van der Waals surface area contributed by atoms with Crippen LogP contribution in [0.5, 0.6) is 0 Å². The smallest absolute Gasteiger partial charge is 0.274 e. The first-order valence-electron chi connectivity index (χ1n) is 11.9. The summed E-state index contributed by atoms with van der Waals surface area (Å²) < 4.78 is 14.8. The molecule has 3 heterocycles. The van der Waals surface area contributed by atoms with Crippen molar-refractivity contribution in [3.05, 3.63) is 52.6 Å². The van der Waals surface area contributed by atoms with Gasteiger partial charge in [0.1, 0.15) is 5.82 Å². The van der Waals surface area contributed by atoms with Crippen LogP contribution in [0.4, 0.5) is 4.39 Å². The zero-order valence-corrected chi connectivity index (χ0v) is 20.0. The van der Waals surface area contributed by atoms with Gasteiger partial charge in [0, 0.05) is 69.3 Å². The number of aromatic nitrogens is 2. The second-order valence-electron chi connectivity index (χ2n) is 9.47. The maximum atomic E-state index is 13.3. The van der Waals surface area contributed by atoms with Crippen LogP contribution in [-0.2, 0) is 36.1 Å². The highest BCUT2D eigenvalue weighted by molar-refractivity contribution is 5.94. The minimum absolute atomic E-state index is 0.0468. The summed E-state index contributed by atoms with van der Waals surface area (Å²) in [5.74, 6) is -0.664. The van der Waals surface area contributed by atoms with E-state index in [1.54, 1.807) is 21.7 Å². The molecular formula is C25H32FN5O3. The molecule has 1 fully saturated rings. The number of benzene rings is 1. The molecule has 1 saturated heterocycles. The number of carbonyl (C=O) groups is 3. The van der Waals surface area contributed by atoms with Crippen molar-refractivity contribution in [2.24, 2.45) is 18.9 Å². The van der Waals surface area contributed by atoms with Gasteiger partial charge in [0.05, 0.1) is 0 Å². The molecule has 2 aliphatic heterocycles. The zero-order chi connectivity index (χ0) is 24.4. The maximum absolute atomic E-state index is 13.3. The van der Waals surface area contributed by atoms with Gasteiger partial charge in [-0.2, -0.15) is 5.10 Å². The predicted octanol–water partition coefficient (Wildman–Crippen LogP) is 2.27. The topological polar surface area (TPSA) is 87.5 Å². The van der Waals surface area contributed by atoms with Crippen molar-refractivity contribution in [2.45, 2.75) is 46.2 Å². The lowest BCUT2D eigenvalue weighted by Crippen LogP contribution is -2.43. The Kier molecular flexibility index (Phi) is 7.00. The van der Waals surface area contributed by atoms with E-state index in [1.165, 1.54) is 12.1 Å². The van der Waals surface area contributed by atoms with Gasteiger partial charge >= 0.3 is 0 Å². The monoisotopic (exact) mass is 469 g/mol. The molecule has 34 heavy (non-hydrogen) atoms. The van der Waals surface area contributed by atoms with E-state index in [1.807, 2.05) is 25.8 Å². The number of nitrogens with zero attached hydrogens (tertiary/aromatic N) is 4. The van der Waals surface area contributed by atoms with E-state index in [-0.39, 0.29) is 35.4 Å². The fraction of sp³-hybridized carbons (Fsp3) is 0.520. The zero-order valence-electron chi connectivity index (χ0n) is 20.0. The largest absolute Gasteiger partial charge is 0.352 e. The minimum Gasteiger partial charge on any atom is -0.352 e. The number of likely N-dealkylation sites (tertiary alicyclic amines) is 1. The van der Waals surface area contributed by atoms with Gasteiger partial charge in [0.25, 0.3) is 5.91 Å². The van der Waals surface area contributed by atoms with Gasteiger partial charge in [-0.15, -0.1) is 0 Å². The van der Waals surface area contributed by atoms with Gasteiger partial charge < -0.3 is 15.1 Å². The van der Waals surface area contributed by atoms with Crippen LogP contribution in [0.15, 0.2) is 24.3 Å². The number of fused-ring (bicyclic) bond motifs is 1. The molecule has 3 amide bonds. The second kappa shape index (κ2) is 9.95. The molecule has 2 aliphatic rings. The van der Waals surface area contributed by atoms with E-state index in [4.69, 9.17) is 0 Å². The first kappa shape index (κ1) is 23.9. The van der Waals surface area contributed by atoms with E-state index in [9.17, 15) is 18.8 Å². The molecule has 0 spiro atoms. The lowest BCUT2D eigenvalue weighted by atomic mass is 9.95. The lowest BCUT2D eigenvalue weighted by molar-refractivity contribution is -0.135. The molecule has 8 nitrogen and oxygen atoms in total. The number of amides is 3. The van der Waals surface area contributed by atoms with Crippen molar-refractivity contribution in [3.63, 3.8) is 0 Å². The number of piperidine rings is 1. The highest BCUT2D eigenvalue weighted by Crippen LogP contribution is 2.26. The Morgan fingerprint density at radius 2 is 1.76 bits per heavy atom. The number of halogens is 1. The van der Waals surface area contributed by atoms with Gasteiger partial charge in [-0.1, -0.05) is 26.0 Å². The van der Waals surface area contributed by atoms with Crippen LogP contribution in [0, 0.1) is 17.7 Å². The van der Waals surface area contributed by atoms with Crippen LogP contribution in [0.2, 0.25) is 0 Å². The molecule has 0 bridgehead atoms. The first-order valence-corrected chi connectivity index (χ1v) is 11.9. The van der Waals surface area contributed by atoms with Crippen LogP contribution >= 0.6 is 0 Å². The first-order chi connectivity index (χ1) is 16.2. The summed E-state index contributed by atoms with van der Waals surface area (Å²) in [6, 6.07) is 6.06. The normalized spacial score (nSPS) is 16.5. The third-order valence-corrected chi connectivity index (χ3v) is 6.78. The Morgan fingerprint density at radius 1 is 1.09 bits per heavy atom. The third-order valence-electron chi connectivity index (χ3n) is 6.78. The molecule has 182 valence electrons. The number of nitrogens with one attached hydrogen (secondary N) is 1. The quantitative estimate of drug-likeness (QED) is 0.728. The average molecular weight is 470 g/mol. The van der Waals surface area contributed by atoms with E-state index in [0.29, 0.717) is 57.7 Å². The summed E-state index contributed by atoms with van der Waals surface area (Å²) in [7, 11) is 1.84. The van der Waals surface area contributed by atoms with Gasteiger partial charge in [0.2, 0.25) is 11.8 Å². The molecular weight excluding hydrogens is 437 g/mol. The molecule has 2 aromatic rings. The summed E-state index contributed by atoms with van der Waals surface area (Å²) in [5, 5.41) is 7.43. The number of rotatable bonds is 5. The van der Waals surface area contributed by atoms with E-state index >= 15 is 0 Å². The molecule has 0 unspecified atom stereocenters. The van der Waals surface area contributed by atoms with Crippen LogP contribution in [-0.4, -0.2) is 56.9 Å². The summed E-state index contributed by atoms with van der Waals surface area (Å²) in [5.41, 5.74) is 3.10. The fourth-order valence-corrected chi connectivity index (χ4v) is 4.75. The van der Waals surface area contributed by atoms with Crippen LogP contribution in [0.3, 0.4) is 0 Å². The highest BCUT2D eigenvalue weighted by atomic mass is 19.1. The second-order valence-corrected chi connectivity index (χ2v) is 9.47. The molecule has 1 aromatic heterocycles. The maximum Gasteiger partial charge on any atom is 0.274 e. The standard InChI is InChI=1S/C25H32FN5O3/c1-16(2)24(33)31-13-10-21-20(15-31)22(28-29(21)3)25(34)30-11-8-18(9-12-30)23(32)27-14-17-4-6-19(26)7-5-17/h4-7,16,18H,8-15H2,1-3H3,(H,27,32). The fourth-order valence-electron chi connectivity index (χ4n) is 4.75. The Labute approximate surface area is 199 Å². The Hall–Kier alpha value is -3.23. The van der Waals surface area contributed by atoms with Gasteiger partial charge in [-0.3, -0.25) is 19.1 Å². The van der Waals surface area contributed by atoms with Crippen LogP contribution < -0.4 is 5.32 Å². The SMILES string of the molecule is CC(C)C(=O)N1CCc2c(c(C(=O)N3CCC(C(=O)NCc4ccc(F)cc4)CC3)nn2C)C1. The van der Waals surface area contributed by atoms with E-state index in [0.717, 1.165) is 16.8 Å². The molecule has 4 rings (SSSR count). The summed E-state index contributed by atoms with van der Waals surface area (Å²) in [4.78, 5) is 42.0. The number of aryl methyl sites for hydroxylation is 1. The molecule has 0 aliphatic carbocycles. The molecule has 1 aromatic carbocycles. The van der Waals surface area contributed by atoms with Crippen molar-refractivity contribution in [3.8, 4) is 0 Å². The van der Waals surface area contributed by atoms with Crippen LogP contribution in [0.25, 0.3) is 0 Å². The summed E-state index contributed by atoms with van der Waals surface area (Å²) >= 11 is 0. The molecule has 0 atom stereocenters. The highest BCUT2D eigenvalue weighted by Gasteiger charge is 2.34. The number of hydrogen-bond donors (Lipinski definition) is 1. The minimum atomic E-state index is -0.305. The Balaban J connectivity index is 1.35. The van der Waals surface area contributed by atoms with Crippen LogP contribution in [0.1, 0.15) is 54.0 Å². The number of carbonyl (C=O) groups excluding carboxylic acids is 3. The lowest BCUT2D eigenvalue weighted by Gasteiger charge is -2.32. The van der Waals surface area contributed by atoms with Crippen molar-refractivity contribution < 1.29 is 18.8 Å². The molecule has 1 N–H and O–H groups in total. The van der Waals surface area contributed by atoms with Gasteiger partial charge in [-0.25, -0.2) is 4.39 Å². The average Bonchev–Trinajstić information content (AvgIpc) is 3.18. The van der Waals surface area contributed by atoms with Gasteiger partial charge in [-0.05, 0) is 30.5 Å². The van der Waals surface area contributed by atoms with Crippen molar-refractivity contribution >= 4 is 17.7 Å². The van der Waals surface area contributed by atoms with Crippen molar-refractivity contribution in [1.82, 2.24) is 24.9 Å². The predicted molar refractivity (Wildman–Crippen MR) is 124 cm³/mol. The summed E-state index contributed by atoms with van der Waals surface area (Å²) in [6.07, 6.45) is 1.84. The van der Waals surface area contributed by atoms with Gasteiger partial charge in [0.15, 0.2) is 5.69 Å². The van der Waals surface area contributed by atoms with E-state index in [2.05, 4.69) is 10.4 Å². The van der Waals surface area contributed by atoms with E-state index < -0.39 is 0 Å². The molecule has 0 saturated carbocycles. The molecule has 9 heteroatoms. The Morgan fingerprint density at radius 3 is 2.41 bits per heavy atom.